The van der Waals surface area contributed by atoms with E-state index in [9.17, 15) is 22.8 Å². The molecule has 1 aliphatic heterocycles. The van der Waals surface area contributed by atoms with Gasteiger partial charge in [0.05, 0.1) is 5.56 Å². The molecule has 1 aromatic rings. The van der Waals surface area contributed by atoms with Crippen molar-refractivity contribution < 1.29 is 22.8 Å². The van der Waals surface area contributed by atoms with Crippen molar-refractivity contribution in [1.29, 1.82) is 0 Å². The molecule has 2 amide bonds. The summed E-state index contributed by atoms with van der Waals surface area (Å²) < 4.78 is 38.5. The second kappa shape index (κ2) is 8.38. The van der Waals surface area contributed by atoms with Crippen LogP contribution in [-0.4, -0.2) is 41.2 Å². The highest BCUT2D eigenvalue weighted by atomic mass is 19.4. The van der Waals surface area contributed by atoms with Gasteiger partial charge in [-0.2, -0.15) is 13.2 Å². The van der Waals surface area contributed by atoms with Crippen molar-refractivity contribution in [1.82, 2.24) is 9.80 Å². The molecule has 4 nitrogen and oxygen atoms in total. The van der Waals surface area contributed by atoms with Crippen molar-refractivity contribution in [2.45, 2.75) is 32.5 Å². The number of amides is 2. The zero-order valence-corrected chi connectivity index (χ0v) is 14.8. The highest BCUT2D eigenvalue weighted by Gasteiger charge is 2.31. The maximum atomic E-state index is 12.8. The predicted octanol–water partition coefficient (Wildman–Crippen LogP) is 3.48. The Morgan fingerprint density at radius 1 is 1.38 bits per heavy atom. The van der Waals surface area contributed by atoms with Crippen molar-refractivity contribution in [3.8, 4) is 0 Å². The first kappa shape index (κ1) is 20.0. The smallest absolute Gasteiger partial charge is 0.339 e. The van der Waals surface area contributed by atoms with Gasteiger partial charge in [-0.05, 0) is 43.0 Å². The number of benzene rings is 1. The van der Waals surface area contributed by atoms with Crippen molar-refractivity contribution in [2.75, 3.05) is 19.6 Å². The van der Waals surface area contributed by atoms with Gasteiger partial charge < -0.3 is 9.80 Å². The fraction of sp³-hybridized carbons (Fsp3) is 0.474. The lowest BCUT2D eigenvalue weighted by Gasteiger charge is -2.23. The Bertz CT molecular complexity index is 673. The van der Waals surface area contributed by atoms with E-state index in [1.807, 2.05) is 0 Å². The van der Waals surface area contributed by atoms with Gasteiger partial charge in [0.15, 0.2) is 0 Å². The second-order valence-corrected chi connectivity index (χ2v) is 6.45. The summed E-state index contributed by atoms with van der Waals surface area (Å²) in [7, 11) is 0. The van der Waals surface area contributed by atoms with Crippen LogP contribution in [-0.2, 0) is 22.3 Å². The molecule has 2 rings (SSSR count). The maximum Gasteiger partial charge on any atom is 0.416 e. The van der Waals surface area contributed by atoms with Gasteiger partial charge in [0, 0.05) is 32.6 Å². The van der Waals surface area contributed by atoms with E-state index in [1.165, 1.54) is 12.1 Å². The maximum absolute atomic E-state index is 12.8. The third-order valence-electron chi connectivity index (χ3n) is 4.60. The van der Waals surface area contributed by atoms with E-state index in [2.05, 4.69) is 6.58 Å². The van der Waals surface area contributed by atoms with Gasteiger partial charge in [-0.25, -0.2) is 0 Å². The molecule has 1 saturated heterocycles. The normalized spacial score (nSPS) is 17.2. The van der Waals surface area contributed by atoms with E-state index in [1.54, 1.807) is 22.8 Å². The number of carbonyl (C=O) groups excluding carboxylic acids is 2. The van der Waals surface area contributed by atoms with Crippen LogP contribution in [0.2, 0.25) is 0 Å². The topological polar surface area (TPSA) is 40.6 Å². The molecular formula is C19H23F3N2O2. The summed E-state index contributed by atoms with van der Waals surface area (Å²) in [5, 5.41) is 0. The van der Waals surface area contributed by atoms with E-state index < -0.39 is 11.7 Å². The van der Waals surface area contributed by atoms with E-state index in [-0.39, 0.29) is 30.7 Å². The highest BCUT2D eigenvalue weighted by Crippen LogP contribution is 2.30. The first-order chi connectivity index (χ1) is 12.2. The molecule has 0 spiro atoms. The van der Waals surface area contributed by atoms with Gasteiger partial charge in [0.2, 0.25) is 11.8 Å². The van der Waals surface area contributed by atoms with Crippen LogP contribution in [0.4, 0.5) is 13.2 Å². The van der Waals surface area contributed by atoms with E-state index in [4.69, 9.17) is 0 Å². The Morgan fingerprint density at radius 3 is 2.73 bits per heavy atom. The van der Waals surface area contributed by atoms with Crippen LogP contribution in [0.5, 0.6) is 0 Å². The number of carbonyl (C=O) groups is 2. The van der Waals surface area contributed by atoms with Crippen LogP contribution >= 0.6 is 0 Å². The molecule has 0 aliphatic carbocycles. The quantitative estimate of drug-likeness (QED) is 0.722. The fourth-order valence-electron chi connectivity index (χ4n) is 3.15. The Kier molecular flexibility index (Phi) is 6.45. The van der Waals surface area contributed by atoms with Crippen molar-refractivity contribution >= 4 is 11.8 Å². The van der Waals surface area contributed by atoms with Crippen LogP contribution in [0.25, 0.3) is 0 Å². The fourth-order valence-corrected chi connectivity index (χ4v) is 3.15. The van der Waals surface area contributed by atoms with Crippen LogP contribution < -0.4 is 0 Å². The molecule has 142 valence electrons. The van der Waals surface area contributed by atoms with Gasteiger partial charge in [0.25, 0.3) is 0 Å². The minimum Gasteiger partial charge on any atom is -0.339 e. The Balaban J connectivity index is 1.97. The molecule has 0 bridgehead atoms. The van der Waals surface area contributed by atoms with Gasteiger partial charge in [-0.15, -0.1) is 0 Å². The summed E-state index contributed by atoms with van der Waals surface area (Å²) in [6.45, 7) is 6.92. The van der Waals surface area contributed by atoms with Gasteiger partial charge >= 0.3 is 6.18 Å². The standard InChI is InChI=1S/C19H23F3N2O2/c1-3-17(25)24-9-8-15(13-24)11-18(26)23(4-2)12-14-6-5-7-16(10-14)19(20,21)22/h3,5-7,10,15H,1,4,8-9,11-13H2,2H3/t15-/m0/s1. The minimum atomic E-state index is -4.40. The van der Waals surface area contributed by atoms with Gasteiger partial charge in [0.1, 0.15) is 0 Å². The Labute approximate surface area is 151 Å². The first-order valence-electron chi connectivity index (χ1n) is 8.59. The number of likely N-dealkylation sites (tertiary alicyclic amines) is 1. The number of alkyl halides is 3. The third kappa shape index (κ3) is 5.09. The lowest BCUT2D eigenvalue weighted by atomic mass is 10.0. The van der Waals surface area contributed by atoms with Crippen molar-refractivity contribution in [3.63, 3.8) is 0 Å². The van der Waals surface area contributed by atoms with Gasteiger partial charge in [-0.1, -0.05) is 18.7 Å². The van der Waals surface area contributed by atoms with E-state index in [0.29, 0.717) is 25.2 Å². The lowest BCUT2D eigenvalue weighted by Crippen LogP contribution is -2.33. The SMILES string of the molecule is C=CC(=O)N1CC[C@@H](CC(=O)N(CC)Cc2cccc(C(F)(F)F)c2)C1. The molecule has 1 heterocycles. The molecule has 1 fully saturated rings. The predicted molar refractivity (Wildman–Crippen MR) is 92.0 cm³/mol. The average molecular weight is 368 g/mol. The molecule has 26 heavy (non-hydrogen) atoms. The molecule has 0 aromatic heterocycles. The van der Waals surface area contributed by atoms with E-state index in [0.717, 1.165) is 18.6 Å². The number of rotatable bonds is 6. The average Bonchev–Trinajstić information content (AvgIpc) is 3.06. The largest absolute Gasteiger partial charge is 0.416 e. The summed E-state index contributed by atoms with van der Waals surface area (Å²) in [5.74, 6) is -0.180. The Hall–Kier alpha value is -2.31. The van der Waals surface area contributed by atoms with Crippen molar-refractivity contribution in [2.24, 2.45) is 5.92 Å². The van der Waals surface area contributed by atoms with E-state index >= 15 is 0 Å². The molecule has 0 N–H and O–H groups in total. The molecule has 0 radical (unpaired) electrons. The molecule has 0 unspecified atom stereocenters. The zero-order chi connectivity index (χ0) is 19.3. The van der Waals surface area contributed by atoms with Gasteiger partial charge in [-0.3, -0.25) is 9.59 Å². The number of hydrogen-bond donors (Lipinski definition) is 0. The van der Waals surface area contributed by atoms with Crippen molar-refractivity contribution in [3.05, 3.63) is 48.0 Å². The lowest BCUT2D eigenvalue weighted by molar-refractivity contribution is -0.137. The van der Waals surface area contributed by atoms with Crippen LogP contribution in [0.15, 0.2) is 36.9 Å². The molecular weight excluding hydrogens is 345 g/mol. The molecule has 1 atom stereocenters. The summed E-state index contributed by atoms with van der Waals surface area (Å²) in [6.07, 6.45) is -2.11. The zero-order valence-electron chi connectivity index (χ0n) is 14.8. The molecule has 7 heteroatoms. The van der Waals surface area contributed by atoms with Crippen LogP contribution in [0, 0.1) is 5.92 Å². The summed E-state index contributed by atoms with van der Waals surface area (Å²) in [4.78, 5) is 27.4. The third-order valence-corrected chi connectivity index (χ3v) is 4.60. The minimum absolute atomic E-state index is 0.0713. The summed E-state index contributed by atoms with van der Waals surface area (Å²) in [5.41, 5.74) is -0.266. The van der Waals surface area contributed by atoms with Crippen LogP contribution in [0.1, 0.15) is 30.9 Å². The molecule has 1 aromatic carbocycles. The number of halogens is 3. The number of nitrogens with zero attached hydrogens (tertiary/aromatic N) is 2. The monoisotopic (exact) mass is 368 g/mol. The number of hydrogen-bond acceptors (Lipinski definition) is 2. The second-order valence-electron chi connectivity index (χ2n) is 6.45. The Morgan fingerprint density at radius 2 is 2.12 bits per heavy atom. The molecule has 1 aliphatic rings. The highest BCUT2D eigenvalue weighted by molar-refractivity contribution is 5.87. The first-order valence-corrected chi connectivity index (χ1v) is 8.59. The summed E-state index contributed by atoms with van der Waals surface area (Å²) in [6, 6.07) is 5.04. The van der Waals surface area contributed by atoms with Crippen LogP contribution in [0.3, 0.4) is 0 Å². The summed E-state index contributed by atoms with van der Waals surface area (Å²) >= 11 is 0. The molecule has 0 saturated carbocycles.